The van der Waals surface area contributed by atoms with Crippen LogP contribution in [0, 0.1) is 0 Å². The van der Waals surface area contributed by atoms with E-state index in [1.165, 1.54) is 62.4 Å². The highest BCUT2D eigenvalue weighted by Crippen LogP contribution is 2.33. The van der Waals surface area contributed by atoms with Gasteiger partial charge in [0.2, 0.25) is 12.3 Å². The highest BCUT2D eigenvalue weighted by atomic mass is 19.4. The van der Waals surface area contributed by atoms with E-state index in [1.54, 1.807) is 53.7 Å². The van der Waals surface area contributed by atoms with Gasteiger partial charge in [-0.15, -0.1) is 13.2 Å². The fourth-order valence-corrected chi connectivity index (χ4v) is 6.53. The molecule has 2 aromatic carbocycles. The number of hydrogen-bond acceptors (Lipinski definition) is 9. The van der Waals surface area contributed by atoms with Crippen molar-refractivity contribution >= 4 is 23.7 Å². The molecule has 2 fully saturated rings. The van der Waals surface area contributed by atoms with Gasteiger partial charge in [-0.3, -0.25) is 34.3 Å². The Bertz CT molecular complexity index is 2050. The largest absolute Gasteiger partial charge is 0.573 e. The Morgan fingerprint density at radius 3 is 2.07 bits per heavy atom. The number of piperidine rings is 2. The lowest BCUT2D eigenvalue weighted by Crippen LogP contribution is -2.46. The van der Waals surface area contributed by atoms with Crippen LogP contribution in [0.2, 0.25) is 0 Å². The third-order valence-corrected chi connectivity index (χ3v) is 9.33. The molecule has 0 saturated carbocycles. The third kappa shape index (κ3) is 15.3. The normalized spacial score (nSPS) is 15.9. The van der Waals surface area contributed by atoms with Gasteiger partial charge in [-0.05, 0) is 130 Å². The van der Waals surface area contributed by atoms with E-state index in [1.807, 2.05) is 12.3 Å². The number of halogens is 6. The van der Waals surface area contributed by atoms with Gasteiger partial charge in [0.1, 0.15) is 17.2 Å². The number of anilines is 2. The number of amides is 2. The van der Waals surface area contributed by atoms with Gasteiger partial charge in [-0.2, -0.15) is 13.2 Å². The number of nitrogens with zero attached hydrogens (tertiary/aromatic N) is 5. The molecule has 0 spiro atoms. The van der Waals surface area contributed by atoms with Crippen molar-refractivity contribution in [2.75, 3.05) is 30.3 Å². The molecule has 322 valence electrons. The van der Waals surface area contributed by atoms with Crippen LogP contribution in [0.5, 0.6) is 17.2 Å². The Labute approximate surface area is 346 Å². The fourth-order valence-electron chi connectivity index (χ4n) is 6.53. The average Bonchev–Trinajstić information content (AvgIpc) is 3.23. The quantitative estimate of drug-likeness (QED) is 0.0989. The highest BCUT2D eigenvalue weighted by molar-refractivity contribution is 5.95. The molecule has 2 aliphatic heterocycles. The third-order valence-electron chi connectivity index (χ3n) is 9.33. The molecular weight excluding hydrogens is 793 g/mol. The van der Waals surface area contributed by atoms with Crippen LogP contribution in [0.4, 0.5) is 37.7 Å². The van der Waals surface area contributed by atoms with Crippen LogP contribution in [0.15, 0.2) is 116 Å². The summed E-state index contributed by atoms with van der Waals surface area (Å²) in [5.41, 5.74) is 1.34. The smallest absolute Gasteiger partial charge is 0.456 e. The van der Waals surface area contributed by atoms with Crippen LogP contribution in [0.3, 0.4) is 0 Å². The maximum atomic E-state index is 13.4. The zero-order chi connectivity index (χ0) is 42.8. The minimum absolute atomic E-state index is 0. The standard InChI is InChI=1S/C24H23F3N4O2.C11H16N2.C8H6F3NO2.2H2/c25-24(26,27)20-6-4-13-29-21(20)16-31-14-2-1-7-22(31)23(32)30-17-8-10-18(11-9-17)33-19-5-3-12-28-15-19;1-4-8-13(9-5-1)10-11-6-2-3-7-12-11;9-8(10,11)14-7-3-1-6(2-4-7)12-5-13;;/h3-6,8-13,15,22H,1-2,7,14,16H2,(H,30,32);2-3,6-7H,1,4-5,8-10H2;1-5H,(H,12,13);2*1H/t22-;;;;/m1..../s1. The average molecular weight is 842 g/mol. The maximum Gasteiger partial charge on any atom is 0.573 e. The minimum Gasteiger partial charge on any atom is -0.456 e. The van der Waals surface area contributed by atoms with Gasteiger partial charge in [0.05, 0.1) is 29.2 Å². The van der Waals surface area contributed by atoms with Gasteiger partial charge < -0.3 is 20.1 Å². The molecule has 0 radical (unpaired) electrons. The number of hydrogen-bond donors (Lipinski definition) is 2. The van der Waals surface area contributed by atoms with E-state index in [0.717, 1.165) is 37.6 Å². The Kier molecular flexibility index (Phi) is 16.8. The summed E-state index contributed by atoms with van der Waals surface area (Å²) in [7, 11) is 0. The van der Waals surface area contributed by atoms with Crippen molar-refractivity contribution in [3.05, 3.63) is 133 Å². The van der Waals surface area contributed by atoms with Crippen molar-refractivity contribution in [1.82, 2.24) is 24.8 Å². The predicted octanol–water partition coefficient (Wildman–Crippen LogP) is 9.99. The molecule has 2 aliphatic rings. The number of likely N-dealkylation sites (tertiary alicyclic amines) is 2. The molecular formula is C43H49F6N7O4. The first-order valence-corrected chi connectivity index (χ1v) is 19.3. The molecule has 60 heavy (non-hydrogen) atoms. The molecule has 0 aliphatic carbocycles. The number of aromatic nitrogens is 3. The number of rotatable bonds is 11. The molecule has 0 bridgehead atoms. The van der Waals surface area contributed by atoms with Crippen LogP contribution < -0.4 is 20.1 Å². The van der Waals surface area contributed by atoms with Crippen LogP contribution in [-0.4, -0.2) is 69.1 Å². The molecule has 2 saturated heterocycles. The molecule has 17 heteroatoms. The first-order valence-electron chi connectivity index (χ1n) is 19.3. The van der Waals surface area contributed by atoms with Crippen molar-refractivity contribution in [1.29, 1.82) is 0 Å². The maximum absolute atomic E-state index is 13.4. The summed E-state index contributed by atoms with van der Waals surface area (Å²) in [4.78, 5) is 39.5. The number of nitrogens with one attached hydrogen (secondary N) is 2. The summed E-state index contributed by atoms with van der Waals surface area (Å²) >= 11 is 0. The van der Waals surface area contributed by atoms with Gasteiger partial charge in [-0.25, -0.2) is 0 Å². The SMILES string of the molecule is O=C(Nc1ccc(Oc2cccnc2)cc1)[C@H]1CCCCN1Cc1ncccc1C(F)(F)F.O=CNc1ccc(OC(F)(F)F)cc1.[HH].[HH].c1ccc(CN2CCCCC2)nc1. The van der Waals surface area contributed by atoms with E-state index in [4.69, 9.17) is 4.74 Å². The first kappa shape index (κ1) is 45.0. The molecule has 2 N–H and O–H groups in total. The molecule has 0 unspecified atom stereocenters. The lowest BCUT2D eigenvalue weighted by Gasteiger charge is -2.34. The monoisotopic (exact) mass is 841 g/mol. The fraction of sp³-hybridized carbons (Fsp3) is 0.326. The van der Waals surface area contributed by atoms with Gasteiger partial charge >= 0.3 is 12.5 Å². The number of carbonyl (C=O) groups is 2. The van der Waals surface area contributed by atoms with Crippen LogP contribution >= 0.6 is 0 Å². The van der Waals surface area contributed by atoms with Gasteiger partial charge in [0, 0.05) is 45.9 Å². The van der Waals surface area contributed by atoms with Crippen LogP contribution in [-0.2, 0) is 28.9 Å². The second-order valence-corrected chi connectivity index (χ2v) is 13.8. The number of alkyl halides is 6. The summed E-state index contributed by atoms with van der Waals surface area (Å²) in [6, 6.07) is 23.2. The van der Waals surface area contributed by atoms with Gasteiger partial charge in [-0.1, -0.05) is 18.9 Å². The number of benzene rings is 2. The van der Waals surface area contributed by atoms with E-state index < -0.39 is 24.1 Å². The predicted molar refractivity (Wildman–Crippen MR) is 217 cm³/mol. The van der Waals surface area contributed by atoms with Gasteiger partial charge in [0.25, 0.3) is 0 Å². The summed E-state index contributed by atoms with van der Waals surface area (Å²) in [5, 5.41) is 5.15. The molecule has 3 aromatic heterocycles. The van der Waals surface area contributed by atoms with E-state index in [9.17, 15) is 35.9 Å². The number of ether oxygens (including phenoxy) is 2. The van der Waals surface area contributed by atoms with Crippen molar-refractivity contribution in [2.24, 2.45) is 0 Å². The Hall–Kier alpha value is -6.07. The lowest BCUT2D eigenvalue weighted by molar-refractivity contribution is -0.274. The molecule has 5 aromatic rings. The van der Waals surface area contributed by atoms with E-state index in [0.29, 0.717) is 42.2 Å². The zero-order valence-electron chi connectivity index (χ0n) is 32.5. The summed E-state index contributed by atoms with van der Waals surface area (Å²) in [5.74, 6) is 0.615. The van der Waals surface area contributed by atoms with E-state index >= 15 is 0 Å². The lowest BCUT2D eigenvalue weighted by atomic mass is 10.00. The molecule has 1 atom stereocenters. The summed E-state index contributed by atoms with van der Waals surface area (Å²) in [6.07, 6.45) is 4.05. The second kappa shape index (κ2) is 22.3. The summed E-state index contributed by atoms with van der Waals surface area (Å²) in [6.45, 7) is 4.02. The highest BCUT2D eigenvalue weighted by Gasteiger charge is 2.36. The van der Waals surface area contributed by atoms with Gasteiger partial charge in [0.15, 0.2) is 0 Å². The minimum atomic E-state index is -4.69. The van der Waals surface area contributed by atoms with Crippen molar-refractivity contribution < 1.29 is 48.3 Å². The molecule has 5 heterocycles. The topological polar surface area (TPSA) is 122 Å². The van der Waals surface area contributed by atoms with E-state index in [2.05, 4.69) is 47.4 Å². The first-order chi connectivity index (χ1) is 28.9. The molecule has 11 nitrogen and oxygen atoms in total. The Balaban J connectivity index is 0.000000291. The van der Waals surface area contributed by atoms with Crippen molar-refractivity contribution in [3.8, 4) is 17.2 Å². The van der Waals surface area contributed by atoms with Crippen molar-refractivity contribution in [3.63, 3.8) is 0 Å². The summed E-state index contributed by atoms with van der Waals surface area (Å²) < 4.78 is 84.5. The van der Waals surface area contributed by atoms with Crippen LogP contribution in [0.25, 0.3) is 0 Å². The number of pyridine rings is 3. The Morgan fingerprint density at radius 1 is 0.733 bits per heavy atom. The van der Waals surface area contributed by atoms with Crippen molar-refractivity contribution in [2.45, 2.75) is 70.2 Å². The Morgan fingerprint density at radius 2 is 1.42 bits per heavy atom. The molecule has 7 rings (SSSR count). The number of carbonyl (C=O) groups excluding carboxylic acids is 2. The zero-order valence-corrected chi connectivity index (χ0v) is 32.5. The molecule has 2 amide bonds. The second-order valence-electron chi connectivity index (χ2n) is 13.8. The van der Waals surface area contributed by atoms with E-state index in [-0.39, 0.29) is 26.7 Å². The van der Waals surface area contributed by atoms with Crippen LogP contribution in [0.1, 0.15) is 58.3 Å².